The van der Waals surface area contributed by atoms with E-state index in [-0.39, 0.29) is 11.6 Å². The lowest BCUT2D eigenvalue weighted by molar-refractivity contribution is 0.142. The van der Waals surface area contributed by atoms with E-state index in [0.29, 0.717) is 64.8 Å². The van der Waals surface area contributed by atoms with Crippen LogP contribution in [0.4, 0.5) is 10.5 Å². The molecule has 0 bridgehead atoms. The third-order valence-electron chi connectivity index (χ3n) is 5.74. The summed E-state index contributed by atoms with van der Waals surface area (Å²) in [7, 11) is 1.59. The number of anilines is 1. The predicted molar refractivity (Wildman–Crippen MR) is 136 cm³/mol. The fourth-order valence-electron chi connectivity index (χ4n) is 3.92. The molecule has 1 fully saturated rings. The first kappa shape index (κ1) is 23.3. The van der Waals surface area contributed by atoms with Gasteiger partial charge in [0.15, 0.2) is 0 Å². The molecule has 4 aromatic rings. The molecule has 0 aliphatic carbocycles. The van der Waals surface area contributed by atoms with Crippen molar-refractivity contribution in [3.8, 4) is 16.3 Å². The molecule has 1 saturated heterocycles. The van der Waals surface area contributed by atoms with Gasteiger partial charge in [0.25, 0.3) is 5.56 Å². The lowest BCUT2D eigenvalue weighted by Gasteiger charge is -2.34. The predicted octanol–water partition coefficient (Wildman–Crippen LogP) is 3.83. The number of amides is 2. The molecule has 2 amide bonds. The second-order valence-corrected chi connectivity index (χ2v) is 9.52. The maximum Gasteiger partial charge on any atom is 0.321 e. The van der Waals surface area contributed by atoms with E-state index in [1.165, 1.54) is 21.9 Å². The summed E-state index contributed by atoms with van der Waals surface area (Å²) in [5, 5.41) is 8.63. The first-order chi connectivity index (χ1) is 17.0. The number of methoxy groups -OCH3 is 1. The molecule has 35 heavy (non-hydrogen) atoms. The van der Waals surface area contributed by atoms with E-state index >= 15 is 0 Å². The number of piperazine rings is 1. The number of ether oxygens (including phenoxy) is 1. The summed E-state index contributed by atoms with van der Waals surface area (Å²) in [6, 6.07) is 16.0. The van der Waals surface area contributed by atoms with Gasteiger partial charge in [-0.1, -0.05) is 41.1 Å². The van der Waals surface area contributed by atoms with Crippen LogP contribution in [-0.4, -0.2) is 63.7 Å². The molecule has 2 aromatic heterocycles. The van der Waals surface area contributed by atoms with E-state index in [1.807, 2.05) is 36.4 Å². The van der Waals surface area contributed by atoms with Gasteiger partial charge in [-0.3, -0.25) is 9.69 Å². The highest BCUT2D eigenvalue weighted by molar-refractivity contribution is 7.19. The maximum atomic E-state index is 12.7. The number of nitrogens with zero attached hydrogens (tertiary/aromatic N) is 5. The smallest absolute Gasteiger partial charge is 0.321 e. The maximum absolute atomic E-state index is 12.7. The number of nitrogens with one attached hydrogen (secondary N) is 1. The van der Waals surface area contributed by atoms with E-state index in [4.69, 9.17) is 16.3 Å². The first-order valence-electron chi connectivity index (χ1n) is 11.1. The monoisotopic (exact) mass is 510 g/mol. The molecule has 1 aliphatic rings. The van der Waals surface area contributed by atoms with Crippen molar-refractivity contribution in [2.45, 2.75) is 6.54 Å². The van der Waals surface area contributed by atoms with E-state index in [1.54, 1.807) is 24.1 Å². The van der Waals surface area contributed by atoms with Gasteiger partial charge in [0.05, 0.1) is 12.8 Å². The van der Waals surface area contributed by atoms with Crippen LogP contribution in [0.5, 0.6) is 5.75 Å². The Kier molecular flexibility index (Phi) is 6.67. The molecule has 0 unspecified atom stereocenters. The summed E-state index contributed by atoms with van der Waals surface area (Å²) in [6.07, 6.45) is 0. The van der Waals surface area contributed by atoms with Crippen molar-refractivity contribution in [1.82, 2.24) is 24.4 Å². The average molecular weight is 511 g/mol. The number of urea groups is 1. The largest absolute Gasteiger partial charge is 0.497 e. The molecule has 1 N–H and O–H groups in total. The topological polar surface area (TPSA) is 92.1 Å². The summed E-state index contributed by atoms with van der Waals surface area (Å²) in [6.45, 7) is 3.06. The summed E-state index contributed by atoms with van der Waals surface area (Å²) < 4.78 is 6.53. The zero-order chi connectivity index (χ0) is 24.4. The molecule has 1 aliphatic heterocycles. The number of carbonyl (C=O) groups excluding carboxylic acids is 1. The summed E-state index contributed by atoms with van der Waals surface area (Å²) in [5.74, 6) is 0.689. The van der Waals surface area contributed by atoms with Gasteiger partial charge in [-0.2, -0.15) is 9.61 Å². The van der Waals surface area contributed by atoms with Crippen LogP contribution in [0.25, 0.3) is 15.5 Å². The molecule has 3 heterocycles. The van der Waals surface area contributed by atoms with Crippen molar-refractivity contribution in [3.63, 3.8) is 0 Å². The lowest BCUT2D eigenvalue weighted by atomic mass is 10.2. The molecular formula is C24H23ClN6O3S. The van der Waals surface area contributed by atoms with Crippen LogP contribution in [0, 0.1) is 0 Å². The molecule has 0 atom stereocenters. The Balaban J connectivity index is 1.22. The Morgan fingerprint density at radius 3 is 2.69 bits per heavy atom. The summed E-state index contributed by atoms with van der Waals surface area (Å²) in [4.78, 5) is 34.5. The Labute approximate surface area is 210 Å². The van der Waals surface area contributed by atoms with Gasteiger partial charge in [-0.15, -0.1) is 0 Å². The molecule has 2 aromatic carbocycles. The van der Waals surface area contributed by atoms with Crippen molar-refractivity contribution in [1.29, 1.82) is 0 Å². The van der Waals surface area contributed by atoms with E-state index < -0.39 is 0 Å². The highest BCUT2D eigenvalue weighted by atomic mass is 35.5. The third-order valence-corrected chi connectivity index (χ3v) is 6.93. The molecule has 9 nitrogen and oxygen atoms in total. The van der Waals surface area contributed by atoms with Crippen LogP contribution in [0.2, 0.25) is 5.02 Å². The third kappa shape index (κ3) is 5.29. The molecule has 0 spiro atoms. The van der Waals surface area contributed by atoms with Crippen molar-refractivity contribution >= 4 is 39.6 Å². The van der Waals surface area contributed by atoms with Gasteiger partial charge in [-0.05, 0) is 24.3 Å². The van der Waals surface area contributed by atoms with Crippen LogP contribution in [0.15, 0.2) is 59.4 Å². The van der Waals surface area contributed by atoms with E-state index in [0.717, 1.165) is 5.56 Å². The zero-order valence-electron chi connectivity index (χ0n) is 19.0. The highest BCUT2D eigenvalue weighted by Crippen LogP contribution is 2.26. The van der Waals surface area contributed by atoms with Crippen molar-refractivity contribution < 1.29 is 9.53 Å². The number of benzene rings is 2. The highest BCUT2D eigenvalue weighted by Gasteiger charge is 2.22. The Morgan fingerprint density at radius 1 is 1.11 bits per heavy atom. The minimum absolute atomic E-state index is 0.145. The van der Waals surface area contributed by atoms with Gasteiger partial charge in [0.1, 0.15) is 10.8 Å². The number of rotatable bonds is 5. The van der Waals surface area contributed by atoms with Crippen LogP contribution >= 0.6 is 22.9 Å². The second kappa shape index (κ2) is 10.0. The minimum Gasteiger partial charge on any atom is -0.497 e. The summed E-state index contributed by atoms with van der Waals surface area (Å²) >= 11 is 7.45. The SMILES string of the molecule is COc1cccc(NC(=O)N2CCN(Cc3cc(=O)n4nc(-c5cccc(Cl)c5)sc4n3)CC2)c1. The van der Waals surface area contributed by atoms with Gasteiger partial charge < -0.3 is 15.0 Å². The molecule has 5 rings (SSSR count). The molecular weight excluding hydrogens is 488 g/mol. The Morgan fingerprint density at radius 2 is 1.91 bits per heavy atom. The molecule has 11 heteroatoms. The van der Waals surface area contributed by atoms with E-state index in [9.17, 15) is 9.59 Å². The van der Waals surface area contributed by atoms with Gasteiger partial charge in [0.2, 0.25) is 4.96 Å². The number of halogens is 1. The summed E-state index contributed by atoms with van der Waals surface area (Å²) in [5.41, 5.74) is 2.00. The van der Waals surface area contributed by atoms with Crippen LogP contribution < -0.4 is 15.6 Å². The van der Waals surface area contributed by atoms with Crippen LogP contribution in [0.3, 0.4) is 0 Å². The Hall–Kier alpha value is -3.47. The number of carbonyl (C=O) groups is 1. The number of hydrogen-bond donors (Lipinski definition) is 1. The fourth-order valence-corrected chi connectivity index (χ4v) is 5.03. The normalized spacial score (nSPS) is 14.3. The van der Waals surface area contributed by atoms with Crippen LogP contribution in [0.1, 0.15) is 5.69 Å². The fraction of sp³-hybridized carbons (Fsp3) is 0.250. The van der Waals surface area contributed by atoms with E-state index in [2.05, 4.69) is 20.3 Å². The number of aromatic nitrogens is 3. The van der Waals surface area contributed by atoms with Crippen LogP contribution in [-0.2, 0) is 6.54 Å². The number of hydrogen-bond acceptors (Lipinski definition) is 7. The van der Waals surface area contributed by atoms with Gasteiger partial charge in [0, 0.05) is 61.1 Å². The standard InChI is InChI=1S/C24H23ClN6O3S/c1-34-20-7-3-6-18(13-20)26-23(33)30-10-8-29(9-11-30)15-19-14-21(32)31-24(27-19)35-22(28-31)16-4-2-5-17(25)12-16/h2-7,12-14H,8-11,15H2,1H3,(H,26,33). The number of fused-ring (bicyclic) bond motifs is 1. The zero-order valence-corrected chi connectivity index (χ0v) is 20.6. The first-order valence-corrected chi connectivity index (χ1v) is 12.3. The quantitative estimate of drug-likeness (QED) is 0.438. The van der Waals surface area contributed by atoms with Crippen molar-refractivity contribution in [3.05, 3.63) is 75.7 Å². The minimum atomic E-state index is -0.217. The lowest BCUT2D eigenvalue weighted by Crippen LogP contribution is -2.49. The average Bonchev–Trinajstić information content (AvgIpc) is 3.29. The van der Waals surface area contributed by atoms with Crippen molar-refractivity contribution in [2.24, 2.45) is 0 Å². The second-order valence-electron chi connectivity index (χ2n) is 8.12. The molecule has 0 saturated carbocycles. The molecule has 0 radical (unpaired) electrons. The Bertz CT molecular complexity index is 1430. The van der Waals surface area contributed by atoms with Crippen molar-refractivity contribution in [2.75, 3.05) is 38.6 Å². The van der Waals surface area contributed by atoms with Gasteiger partial charge >= 0.3 is 6.03 Å². The molecule has 180 valence electrons. The van der Waals surface area contributed by atoms with Gasteiger partial charge in [-0.25, -0.2) is 9.78 Å².